The van der Waals surface area contributed by atoms with Crippen LogP contribution in [0.5, 0.6) is 0 Å². The van der Waals surface area contributed by atoms with Crippen LogP contribution in [0.2, 0.25) is 0 Å². The molecule has 0 unspecified atom stereocenters. The molecular weight excluding hydrogens is 234 g/mol. The number of nitrogens with one attached hydrogen (secondary N) is 2. The molecule has 7 nitrogen and oxygen atoms in total. The first kappa shape index (κ1) is 11.9. The Hall–Kier alpha value is -2.57. The summed E-state index contributed by atoms with van der Waals surface area (Å²) in [5, 5.41) is 10.1. The molecule has 2 heterocycles. The van der Waals surface area contributed by atoms with Crippen LogP contribution in [0.1, 0.15) is 21.7 Å². The molecule has 0 spiro atoms. The van der Waals surface area contributed by atoms with E-state index >= 15 is 0 Å². The smallest absolute Gasteiger partial charge is 0.259 e. The van der Waals surface area contributed by atoms with Gasteiger partial charge in [-0.05, 0) is 19.9 Å². The summed E-state index contributed by atoms with van der Waals surface area (Å²) < 4.78 is 0. The third-order valence-electron chi connectivity index (χ3n) is 2.36. The van der Waals surface area contributed by atoms with E-state index in [0.717, 1.165) is 0 Å². The number of carbonyl (C=O) groups excluding carboxylic acids is 1. The first-order valence-electron chi connectivity index (χ1n) is 5.24. The lowest BCUT2D eigenvalue weighted by molar-refractivity contribution is 0.102. The number of aryl methyl sites for hydroxylation is 2. The largest absolute Gasteiger partial charge is 0.328 e. The number of aromatic nitrogens is 4. The molecule has 7 heteroatoms. The average molecular weight is 245 g/mol. The molecule has 18 heavy (non-hydrogen) atoms. The maximum absolute atomic E-state index is 11.8. The fraction of sp³-hybridized carbons (Fsp3) is 0.182. The third-order valence-corrected chi connectivity index (χ3v) is 2.36. The van der Waals surface area contributed by atoms with Gasteiger partial charge >= 0.3 is 0 Å². The Bertz CT molecular complexity index is 630. The van der Waals surface area contributed by atoms with Gasteiger partial charge in [0.25, 0.3) is 5.91 Å². The van der Waals surface area contributed by atoms with Gasteiger partial charge in [-0.3, -0.25) is 14.9 Å². The van der Waals surface area contributed by atoms with Gasteiger partial charge in [0.1, 0.15) is 0 Å². The Kier molecular flexibility index (Phi) is 3.13. The normalized spacial score (nSPS) is 10.1. The number of carbonyl (C=O) groups is 1. The van der Waals surface area contributed by atoms with Gasteiger partial charge in [-0.25, -0.2) is 4.98 Å². The zero-order chi connectivity index (χ0) is 13.1. The third kappa shape index (κ3) is 2.57. The SMILES string of the molecule is Cc1nnc(NC(=O)c2ccc(=O)[nH]c2)nc1C. The van der Waals surface area contributed by atoms with Crippen molar-refractivity contribution in [2.75, 3.05) is 5.32 Å². The molecule has 2 aromatic heterocycles. The lowest BCUT2D eigenvalue weighted by Crippen LogP contribution is -2.17. The fourth-order valence-electron chi connectivity index (χ4n) is 1.24. The number of anilines is 1. The van der Waals surface area contributed by atoms with Crippen molar-refractivity contribution in [2.24, 2.45) is 0 Å². The molecule has 0 fully saturated rings. The Balaban J connectivity index is 2.18. The van der Waals surface area contributed by atoms with Crippen LogP contribution in [0.3, 0.4) is 0 Å². The lowest BCUT2D eigenvalue weighted by Gasteiger charge is -2.04. The number of hydrogen-bond acceptors (Lipinski definition) is 5. The number of amides is 1. The molecule has 0 atom stereocenters. The van der Waals surface area contributed by atoms with E-state index in [1.54, 1.807) is 13.8 Å². The average Bonchev–Trinajstić information content (AvgIpc) is 2.34. The van der Waals surface area contributed by atoms with Crippen LogP contribution in [0.25, 0.3) is 0 Å². The molecule has 0 aromatic carbocycles. The van der Waals surface area contributed by atoms with Gasteiger partial charge in [-0.15, -0.1) is 5.10 Å². The predicted octanol–water partition coefficient (Wildman–Crippen LogP) is 0.429. The van der Waals surface area contributed by atoms with E-state index < -0.39 is 5.91 Å². The minimum Gasteiger partial charge on any atom is -0.328 e. The molecule has 2 aromatic rings. The Morgan fingerprint density at radius 3 is 2.61 bits per heavy atom. The van der Waals surface area contributed by atoms with E-state index in [1.807, 2.05) is 0 Å². The summed E-state index contributed by atoms with van der Waals surface area (Å²) in [5.74, 6) is -0.273. The lowest BCUT2D eigenvalue weighted by atomic mass is 10.3. The second-order valence-electron chi connectivity index (χ2n) is 3.70. The number of pyridine rings is 1. The summed E-state index contributed by atoms with van der Waals surface area (Å²) in [7, 11) is 0. The maximum atomic E-state index is 11.8. The summed E-state index contributed by atoms with van der Waals surface area (Å²) in [6.07, 6.45) is 1.33. The molecule has 0 saturated heterocycles. The van der Waals surface area contributed by atoms with Crippen LogP contribution >= 0.6 is 0 Å². The zero-order valence-electron chi connectivity index (χ0n) is 9.89. The molecule has 0 aliphatic heterocycles. The second-order valence-corrected chi connectivity index (χ2v) is 3.70. The van der Waals surface area contributed by atoms with Crippen molar-refractivity contribution in [3.8, 4) is 0 Å². The summed E-state index contributed by atoms with van der Waals surface area (Å²) in [5.41, 5.74) is 1.45. The fourth-order valence-corrected chi connectivity index (χ4v) is 1.24. The highest BCUT2D eigenvalue weighted by molar-refractivity contribution is 6.02. The molecule has 0 bridgehead atoms. The quantitative estimate of drug-likeness (QED) is 0.799. The summed E-state index contributed by atoms with van der Waals surface area (Å²) in [6.45, 7) is 3.56. The Morgan fingerprint density at radius 1 is 1.22 bits per heavy atom. The molecule has 92 valence electrons. The van der Waals surface area contributed by atoms with E-state index in [2.05, 4.69) is 25.5 Å². The summed E-state index contributed by atoms with van der Waals surface area (Å²) in [6, 6.07) is 2.69. The maximum Gasteiger partial charge on any atom is 0.259 e. The van der Waals surface area contributed by atoms with E-state index in [4.69, 9.17) is 0 Å². The van der Waals surface area contributed by atoms with E-state index in [9.17, 15) is 9.59 Å². The van der Waals surface area contributed by atoms with Gasteiger partial charge in [0.2, 0.25) is 11.5 Å². The van der Waals surface area contributed by atoms with Crippen molar-refractivity contribution in [2.45, 2.75) is 13.8 Å². The van der Waals surface area contributed by atoms with Crippen molar-refractivity contribution in [3.05, 3.63) is 45.6 Å². The highest BCUT2D eigenvalue weighted by Gasteiger charge is 2.09. The molecule has 0 aliphatic rings. The first-order valence-corrected chi connectivity index (χ1v) is 5.24. The molecule has 0 radical (unpaired) electrons. The molecule has 2 rings (SSSR count). The van der Waals surface area contributed by atoms with Gasteiger partial charge in [0.15, 0.2) is 0 Å². The number of H-pyrrole nitrogens is 1. The van der Waals surface area contributed by atoms with Crippen LogP contribution in [-0.2, 0) is 0 Å². The molecule has 1 amide bonds. The Morgan fingerprint density at radius 2 is 2.00 bits per heavy atom. The number of rotatable bonds is 2. The van der Waals surface area contributed by atoms with Gasteiger partial charge in [0, 0.05) is 12.3 Å². The zero-order valence-corrected chi connectivity index (χ0v) is 9.89. The highest BCUT2D eigenvalue weighted by Crippen LogP contribution is 2.04. The highest BCUT2D eigenvalue weighted by atomic mass is 16.2. The number of hydrogen-bond donors (Lipinski definition) is 2. The van der Waals surface area contributed by atoms with Crippen molar-refractivity contribution in [1.29, 1.82) is 0 Å². The Labute approximate surface area is 102 Å². The van der Waals surface area contributed by atoms with Gasteiger partial charge in [-0.1, -0.05) is 0 Å². The molecular formula is C11H11N5O2. The number of aromatic amines is 1. The number of nitrogens with zero attached hydrogens (tertiary/aromatic N) is 3. The predicted molar refractivity (Wildman–Crippen MR) is 64.3 cm³/mol. The van der Waals surface area contributed by atoms with Crippen molar-refractivity contribution in [1.82, 2.24) is 20.2 Å². The van der Waals surface area contributed by atoms with Crippen LogP contribution in [0, 0.1) is 13.8 Å². The van der Waals surface area contributed by atoms with Crippen molar-refractivity contribution >= 4 is 11.9 Å². The first-order chi connectivity index (χ1) is 8.56. The van der Waals surface area contributed by atoms with Crippen LogP contribution in [0.4, 0.5) is 5.95 Å². The van der Waals surface area contributed by atoms with Crippen LogP contribution < -0.4 is 10.9 Å². The van der Waals surface area contributed by atoms with Gasteiger partial charge in [0.05, 0.1) is 17.0 Å². The van der Waals surface area contributed by atoms with Crippen LogP contribution in [-0.4, -0.2) is 26.1 Å². The van der Waals surface area contributed by atoms with Gasteiger partial charge < -0.3 is 4.98 Å². The molecule has 0 saturated carbocycles. The van der Waals surface area contributed by atoms with Crippen molar-refractivity contribution in [3.63, 3.8) is 0 Å². The van der Waals surface area contributed by atoms with E-state index in [0.29, 0.717) is 17.0 Å². The molecule has 0 aliphatic carbocycles. The minimum absolute atomic E-state index is 0.134. The second kappa shape index (κ2) is 4.74. The van der Waals surface area contributed by atoms with Gasteiger partial charge in [-0.2, -0.15) is 5.10 Å². The summed E-state index contributed by atoms with van der Waals surface area (Å²) in [4.78, 5) is 29.1. The summed E-state index contributed by atoms with van der Waals surface area (Å²) >= 11 is 0. The molecule has 2 N–H and O–H groups in total. The minimum atomic E-state index is -0.406. The van der Waals surface area contributed by atoms with Crippen molar-refractivity contribution < 1.29 is 4.79 Å². The monoisotopic (exact) mass is 245 g/mol. The van der Waals surface area contributed by atoms with Crippen LogP contribution in [0.15, 0.2) is 23.1 Å². The van der Waals surface area contributed by atoms with E-state index in [1.165, 1.54) is 18.3 Å². The van der Waals surface area contributed by atoms with E-state index in [-0.39, 0.29) is 11.5 Å². The topological polar surface area (TPSA) is 101 Å². The standard InChI is InChI=1S/C11H11N5O2/c1-6-7(2)15-16-11(13-6)14-10(18)8-3-4-9(17)12-5-8/h3-5H,1-2H3,(H,12,17)(H,13,14,16,18).